The Hall–Kier alpha value is -3.62. The molecule has 2 amide bonds. The van der Waals surface area contributed by atoms with Crippen LogP contribution in [0.1, 0.15) is 5.69 Å². The molecule has 3 aromatic rings. The lowest BCUT2D eigenvalue weighted by molar-refractivity contribution is -0.133. The first-order valence-corrected chi connectivity index (χ1v) is 7.28. The summed E-state index contributed by atoms with van der Waals surface area (Å²) in [6, 6.07) is 6.52. The number of hydrogen-bond acceptors (Lipinski definition) is 6. The van der Waals surface area contributed by atoms with Gasteiger partial charge in [0.05, 0.1) is 18.9 Å². The van der Waals surface area contributed by atoms with E-state index in [2.05, 4.69) is 25.8 Å². The Morgan fingerprint density at radius 3 is 2.64 bits per heavy atom. The van der Waals surface area contributed by atoms with Gasteiger partial charge in [-0.15, -0.1) is 0 Å². The lowest BCUT2D eigenvalue weighted by Gasteiger charge is -2.10. The number of hydrogen-bond donors (Lipinski definition) is 3. The Bertz CT molecular complexity index is 901. The van der Waals surface area contributed by atoms with Crippen LogP contribution in [0.3, 0.4) is 0 Å². The van der Waals surface area contributed by atoms with Crippen molar-refractivity contribution in [2.45, 2.75) is 6.92 Å². The zero-order valence-electron chi connectivity index (χ0n) is 13.5. The van der Waals surface area contributed by atoms with Crippen LogP contribution in [0.5, 0.6) is 5.75 Å². The van der Waals surface area contributed by atoms with Crippen molar-refractivity contribution < 1.29 is 18.7 Å². The number of anilines is 2. The molecule has 0 spiro atoms. The number of methoxy groups -OCH3 is 1. The van der Waals surface area contributed by atoms with Crippen molar-refractivity contribution >= 4 is 23.3 Å². The minimum atomic E-state index is -0.829. The van der Waals surface area contributed by atoms with Crippen LogP contribution >= 0.6 is 0 Å². The summed E-state index contributed by atoms with van der Waals surface area (Å²) in [6.45, 7) is 1.78. The first-order chi connectivity index (χ1) is 12.1. The largest absolute Gasteiger partial charge is 0.496 e. The second-order valence-electron chi connectivity index (χ2n) is 5.13. The number of benzene rings is 1. The van der Waals surface area contributed by atoms with Crippen molar-refractivity contribution in [3.05, 3.63) is 42.5 Å². The molecule has 128 valence electrons. The number of H-pyrrole nitrogens is 1. The lowest BCUT2D eigenvalue weighted by atomic mass is 10.1. The van der Waals surface area contributed by atoms with Crippen molar-refractivity contribution in [1.29, 1.82) is 0 Å². The molecule has 3 N–H and O–H groups in total. The molecule has 2 heterocycles. The van der Waals surface area contributed by atoms with Crippen molar-refractivity contribution in [3.8, 4) is 17.1 Å². The van der Waals surface area contributed by atoms with Gasteiger partial charge < -0.3 is 19.8 Å². The minimum Gasteiger partial charge on any atom is -0.496 e. The quantitative estimate of drug-likeness (QED) is 0.624. The molecule has 0 fully saturated rings. The van der Waals surface area contributed by atoms with Gasteiger partial charge in [-0.05, 0) is 19.1 Å². The van der Waals surface area contributed by atoms with Crippen LogP contribution in [0, 0.1) is 6.92 Å². The highest BCUT2D eigenvalue weighted by atomic mass is 16.5. The van der Waals surface area contributed by atoms with Crippen LogP contribution in [0.15, 0.2) is 41.3 Å². The summed E-state index contributed by atoms with van der Waals surface area (Å²) in [7, 11) is 1.49. The van der Waals surface area contributed by atoms with Gasteiger partial charge >= 0.3 is 11.8 Å². The maximum absolute atomic E-state index is 12.0. The topological polar surface area (TPSA) is 122 Å². The summed E-state index contributed by atoms with van der Waals surface area (Å²) in [6.07, 6.45) is 2.86. The van der Waals surface area contributed by atoms with Gasteiger partial charge in [-0.25, -0.2) is 4.98 Å². The first-order valence-electron chi connectivity index (χ1n) is 7.28. The zero-order valence-corrected chi connectivity index (χ0v) is 13.5. The molecule has 2 aromatic heterocycles. The highest BCUT2D eigenvalue weighted by Crippen LogP contribution is 2.32. The number of ether oxygens (including phenoxy) is 1. The first kappa shape index (κ1) is 16.2. The normalized spacial score (nSPS) is 10.3. The van der Waals surface area contributed by atoms with Gasteiger partial charge in [-0.1, -0.05) is 0 Å². The van der Waals surface area contributed by atoms with E-state index < -0.39 is 11.8 Å². The molecule has 0 aliphatic rings. The Morgan fingerprint density at radius 2 is 2.00 bits per heavy atom. The molecule has 25 heavy (non-hydrogen) atoms. The monoisotopic (exact) mass is 341 g/mol. The summed E-state index contributed by atoms with van der Waals surface area (Å²) in [4.78, 5) is 27.8. The number of oxazole rings is 1. The summed E-state index contributed by atoms with van der Waals surface area (Å²) in [5, 5.41) is 11.4. The SMILES string of the molecule is COc1cc(NC(=O)C(=O)Nc2cc(C)[nH]n2)ccc1-c1cnco1. The summed E-state index contributed by atoms with van der Waals surface area (Å²) >= 11 is 0. The number of aryl methyl sites for hydroxylation is 1. The highest BCUT2D eigenvalue weighted by Gasteiger charge is 2.17. The number of amides is 2. The van der Waals surface area contributed by atoms with E-state index in [0.717, 1.165) is 5.69 Å². The standard InChI is InChI=1S/C16H15N5O4/c1-9-5-14(21-20-9)19-16(23)15(22)18-10-3-4-11(12(6-10)24-2)13-7-17-8-25-13/h3-8H,1-2H3,(H,18,22)(H2,19,20,21,23). The van der Waals surface area contributed by atoms with E-state index in [9.17, 15) is 9.59 Å². The third kappa shape index (κ3) is 3.66. The van der Waals surface area contributed by atoms with Crippen molar-refractivity contribution in [2.75, 3.05) is 17.7 Å². The number of rotatable bonds is 4. The Morgan fingerprint density at radius 1 is 1.20 bits per heavy atom. The molecule has 9 nitrogen and oxygen atoms in total. The molecule has 0 radical (unpaired) electrons. The van der Waals surface area contributed by atoms with Crippen LogP contribution < -0.4 is 15.4 Å². The zero-order chi connectivity index (χ0) is 17.8. The number of nitrogens with one attached hydrogen (secondary N) is 3. The van der Waals surface area contributed by atoms with E-state index in [4.69, 9.17) is 9.15 Å². The van der Waals surface area contributed by atoms with Gasteiger partial charge in [0.2, 0.25) is 0 Å². The molecule has 0 atom stereocenters. The van der Waals surface area contributed by atoms with E-state index in [1.807, 2.05) is 0 Å². The van der Waals surface area contributed by atoms with Gasteiger partial charge in [0.25, 0.3) is 0 Å². The summed E-state index contributed by atoms with van der Waals surface area (Å²) in [5.41, 5.74) is 1.84. The molecular formula is C16H15N5O4. The van der Waals surface area contributed by atoms with Gasteiger partial charge in [0, 0.05) is 23.5 Å². The van der Waals surface area contributed by atoms with Crippen LogP contribution in [-0.2, 0) is 9.59 Å². The third-order valence-corrected chi connectivity index (χ3v) is 3.31. The number of aromatic amines is 1. The molecule has 3 rings (SSSR count). The molecule has 0 unspecified atom stereocenters. The summed E-state index contributed by atoms with van der Waals surface area (Å²) in [5.74, 6) is -0.380. The number of aromatic nitrogens is 3. The Balaban J connectivity index is 1.71. The average molecular weight is 341 g/mol. The van der Waals surface area contributed by atoms with Gasteiger partial charge in [0.1, 0.15) is 5.75 Å². The van der Waals surface area contributed by atoms with Crippen molar-refractivity contribution in [3.63, 3.8) is 0 Å². The smallest absolute Gasteiger partial charge is 0.315 e. The number of nitrogens with zero attached hydrogens (tertiary/aromatic N) is 2. The molecule has 9 heteroatoms. The van der Waals surface area contributed by atoms with E-state index in [1.54, 1.807) is 37.4 Å². The van der Waals surface area contributed by atoms with Crippen LogP contribution in [0.4, 0.5) is 11.5 Å². The van der Waals surface area contributed by atoms with Gasteiger partial charge in [0.15, 0.2) is 18.0 Å². The van der Waals surface area contributed by atoms with Crippen LogP contribution in [-0.4, -0.2) is 34.1 Å². The van der Waals surface area contributed by atoms with E-state index in [-0.39, 0.29) is 5.82 Å². The van der Waals surface area contributed by atoms with Crippen LogP contribution in [0.2, 0.25) is 0 Å². The molecule has 0 saturated heterocycles. The van der Waals surface area contributed by atoms with E-state index in [1.165, 1.54) is 13.5 Å². The fourth-order valence-electron chi connectivity index (χ4n) is 2.16. The van der Waals surface area contributed by atoms with E-state index in [0.29, 0.717) is 22.8 Å². The van der Waals surface area contributed by atoms with Crippen molar-refractivity contribution in [2.24, 2.45) is 0 Å². The number of carbonyl (C=O) groups excluding carboxylic acids is 2. The maximum atomic E-state index is 12.0. The predicted octanol–water partition coefficient (Wildman–Crippen LogP) is 1.96. The predicted molar refractivity (Wildman–Crippen MR) is 89.1 cm³/mol. The second kappa shape index (κ2) is 6.87. The second-order valence-corrected chi connectivity index (χ2v) is 5.13. The Labute approximate surface area is 142 Å². The minimum absolute atomic E-state index is 0.274. The van der Waals surface area contributed by atoms with Crippen LogP contribution in [0.25, 0.3) is 11.3 Å². The van der Waals surface area contributed by atoms with Gasteiger partial charge in [-0.3, -0.25) is 14.7 Å². The maximum Gasteiger partial charge on any atom is 0.315 e. The number of carbonyl (C=O) groups is 2. The van der Waals surface area contributed by atoms with Crippen molar-refractivity contribution in [1.82, 2.24) is 15.2 Å². The van der Waals surface area contributed by atoms with Gasteiger partial charge in [-0.2, -0.15) is 5.10 Å². The molecule has 1 aromatic carbocycles. The fourth-order valence-corrected chi connectivity index (χ4v) is 2.16. The lowest BCUT2D eigenvalue weighted by Crippen LogP contribution is -2.29. The molecule has 0 aliphatic heterocycles. The molecule has 0 aliphatic carbocycles. The molecular weight excluding hydrogens is 326 g/mol. The highest BCUT2D eigenvalue weighted by molar-refractivity contribution is 6.43. The summed E-state index contributed by atoms with van der Waals surface area (Å²) < 4.78 is 10.5. The fraction of sp³-hybridized carbons (Fsp3) is 0.125. The average Bonchev–Trinajstić information content (AvgIpc) is 3.26. The third-order valence-electron chi connectivity index (χ3n) is 3.31. The van der Waals surface area contributed by atoms with E-state index >= 15 is 0 Å². The Kier molecular flexibility index (Phi) is 4.46. The molecule has 0 saturated carbocycles. The molecule has 0 bridgehead atoms.